The van der Waals surface area contributed by atoms with Gasteiger partial charge < -0.3 is 14.2 Å². The largest absolute Gasteiger partial charge is 0.491 e. The van der Waals surface area contributed by atoms with Gasteiger partial charge in [0.15, 0.2) is 5.70 Å². The molecule has 0 N–H and O–H groups in total. The summed E-state index contributed by atoms with van der Waals surface area (Å²) in [6.07, 6.45) is 4.06. The van der Waals surface area contributed by atoms with Gasteiger partial charge in [-0.05, 0) is 48.1 Å². The Kier molecular flexibility index (Phi) is 4.63. The predicted molar refractivity (Wildman–Crippen MR) is 95.8 cm³/mol. The molecule has 25 heavy (non-hydrogen) atoms. The predicted octanol–water partition coefficient (Wildman–Crippen LogP) is 3.65. The molecule has 2 aromatic rings. The summed E-state index contributed by atoms with van der Waals surface area (Å²) < 4.78 is 16.5. The Morgan fingerprint density at radius 2 is 2.16 bits per heavy atom. The molecule has 1 aromatic heterocycles. The smallest absolute Gasteiger partial charge is 0.363 e. The molecule has 2 aliphatic heterocycles. The maximum absolute atomic E-state index is 12.0. The second-order valence-corrected chi connectivity index (χ2v) is 6.78. The van der Waals surface area contributed by atoms with Gasteiger partial charge in [-0.15, -0.1) is 11.3 Å². The van der Waals surface area contributed by atoms with E-state index in [9.17, 15) is 4.79 Å². The highest BCUT2D eigenvalue weighted by Crippen LogP contribution is 2.23. The Morgan fingerprint density at radius 1 is 1.28 bits per heavy atom. The zero-order valence-electron chi connectivity index (χ0n) is 13.5. The Balaban J connectivity index is 1.43. The first kappa shape index (κ1) is 16.1. The third-order valence-corrected chi connectivity index (χ3v) is 4.85. The van der Waals surface area contributed by atoms with Crippen molar-refractivity contribution in [3.8, 4) is 5.75 Å². The van der Waals surface area contributed by atoms with Crippen LogP contribution in [0.3, 0.4) is 0 Å². The fraction of sp³-hybridized carbons (Fsp3) is 0.263. The molecule has 0 radical (unpaired) electrons. The molecule has 128 valence electrons. The minimum absolute atomic E-state index is 0.195. The summed E-state index contributed by atoms with van der Waals surface area (Å²) in [4.78, 5) is 17.1. The molecule has 1 saturated heterocycles. The van der Waals surface area contributed by atoms with Gasteiger partial charge in [0.1, 0.15) is 12.4 Å². The van der Waals surface area contributed by atoms with Crippen LogP contribution >= 0.6 is 11.3 Å². The van der Waals surface area contributed by atoms with Gasteiger partial charge in [0.25, 0.3) is 0 Å². The number of nitrogens with zero attached hydrogens (tertiary/aromatic N) is 1. The van der Waals surface area contributed by atoms with E-state index in [4.69, 9.17) is 14.2 Å². The summed E-state index contributed by atoms with van der Waals surface area (Å²) in [5.41, 5.74) is 1.17. The van der Waals surface area contributed by atoms with Gasteiger partial charge in [-0.25, -0.2) is 9.79 Å². The van der Waals surface area contributed by atoms with Crippen molar-refractivity contribution in [3.63, 3.8) is 0 Å². The van der Waals surface area contributed by atoms with Crippen LogP contribution in [0.2, 0.25) is 0 Å². The topological polar surface area (TPSA) is 57.1 Å². The zero-order chi connectivity index (χ0) is 17.1. The van der Waals surface area contributed by atoms with Crippen LogP contribution in [-0.2, 0) is 14.3 Å². The number of rotatable bonds is 5. The van der Waals surface area contributed by atoms with Crippen LogP contribution in [0, 0.1) is 0 Å². The lowest BCUT2D eigenvalue weighted by Gasteiger charge is -2.11. The van der Waals surface area contributed by atoms with Gasteiger partial charge >= 0.3 is 5.97 Å². The van der Waals surface area contributed by atoms with Crippen LogP contribution in [-0.4, -0.2) is 31.2 Å². The van der Waals surface area contributed by atoms with E-state index < -0.39 is 5.97 Å². The maximum Gasteiger partial charge on any atom is 0.363 e. The number of hydrogen-bond acceptors (Lipinski definition) is 6. The first-order chi connectivity index (χ1) is 12.3. The van der Waals surface area contributed by atoms with Crippen LogP contribution in [0.5, 0.6) is 5.75 Å². The lowest BCUT2D eigenvalue weighted by molar-refractivity contribution is -0.129. The minimum atomic E-state index is -0.429. The van der Waals surface area contributed by atoms with Gasteiger partial charge in [-0.1, -0.05) is 18.2 Å². The van der Waals surface area contributed by atoms with Crippen molar-refractivity contribution < 1.29 is 19.0 Å². The number of ether oxygens (including phenoxy) is 3. The summed E-state index contributed by atoms with van der Waals surface area (Å²) in [5.74, 6) is 0.722. The van der Waals surface area contributed by atoms with Gasteiger partial charge in [-0.3, -0.25) is 0 Å². The second-order valence-electron chi connectivity index (χ2n) is 5.83. The van der Waals surface area contributed by atoms with Crippen molar-refractivity contribution in [3.05, 3.63) is 57.9 Å². The molecule has 1 unspecified atom stereocenters. The Bertz CT molecular complexity index is 802. The van der Waals surface area contributed by atoms with Crippen molar-refractivity contribution in [2.75, 3.05) is 13.2 Å². The van der Waals surface area contributed by atoms with Gasteiger partial charge in [0, 0.05) is 6.61 Å². The number of carbonyl (C=O) groups is 1. The summed E-state index contributed by atoms with van der Waals surface area (Å²) in [7, 11) is 0. The SMILES string of the molecule is O=C1OC(c2cccs2)=NC1=Cc1ccc(OCC2CCCO2)cc1. The van der Waals surface area contributed by atoms with Crippen LogP contribution < -0.4 is 4.74 Å². The number of carbonyl (C=O) groups excluding carboxylic acids is 1. The van der Waals surface area contributed by atoms with E-state index in [0.717, 1.165) is 35.6 Å². The molecule has 0 saturated carbocycles. The van der Waals surface area contributed by atoms with Crippen molar-refractivity contribution in [1.29, 1.82) is 0 Å². The molecule has 1 fully saturated rings. The summed E-state index contributed by atoms with van der Waals surface area (Å²) in [5, 5.41) is 1.92. The molecule has 0 amide bonds. The molecule has 1 atom stereocenters. The second kappa shape index (κ2) is 7.21. The highest BCUT2D eigenvalue weighted by Gasteiger charge is 2.24. The Hall–Kier alpha value is -2.44. The van der Waals surface area contributed by atoms with E-state index in [2.05, 4.69) is 4.99 Å². The average Bonchev–Trinajstić information content (AvgIpc) is 3.37. The minimum Gasteiger partial charge on any atom is -0.491 e. The third kappa shape index (κ3) is 3.81. The first-order valence-corrected chi connectivity index (χ1v) is 9.07. The van der Waals surface area contributed by atoms with E-state index in [1.165, 1.54) is 11.3 Å². The molecule has 5 nitrogen and oxygen atoms in total. The van der Waals surface area contributed by atoms with Crippen molar-refractivity contribution in [2.45, 2.75) is 18.9 Å². The molecule has 6 heteroatoms. The normalized spacial score (nSPS) is 21.4. The molecular weight excluding hydrogens is 338 g/mol. The standard InChI is InChI=1S/C19H17NO4S/c21-19-16(20-18(24-19)17-4-2-10-25-17)11-13-5-7-14(8-6-13)23-12-15-3-1-9-22-15/h2,4-8,10-11,15H,1,3,9,12H2. The molecule has 0 aliphatic carbocycles. The van der Waals surface area contributed by atoms with Crippen LogP contribution in [0.25, 0.3) is 6.08 Å². The molecule has 2 aliphatic rings. The summed E-state index contributed by atoms with van der Waals surface area (Å²) in [6.45, 7) is 1.39. The van der Waals surface area contributed by atoms with E-state index in [1.807, 2.05) is 41.8 Å². The number of esters is 1. The van der Waals surface area contributed by atoms with E-state index in [0.29, 0.717) is 18.2 Å². The van der Waals surface area contributed by atoms with Crippen molar-refractivity contribution in [2.24, 2.45) is 4.99 Å². The number of aliphatic imine (C=N–C) groups is 1. The highest BCUT2D eigenvalue weighted by molar-refractivity contribution is 7.12. The van der Waals surface area contributed by atoms with E-state index in [-0.39, 0.29) is 6.10 Å². The fourth-order valence-electron chi connectivity index (χ4n) is 2.70. The van der Waals surface area contributed by atoms with Crippen LogP contribution in [0.1, 0.15) is 23.3 Å². The Morgan fingerprint density at radius 3 is 2.88 bits per heavy atom. The van der Waals surface area contributed by atoms with E-state index >= 15 is 0 Å². The molecule has 1 aromatic carbocycles. The lowest BCUT2D eigenvalue weighted by Crippen LogP contribution is -2.16. The lowest BCUT2D eigenvalue weighted by atomic mass is 10.2. The third-order valence-electron chi connectivity index (χ3n) is 4.00. The average molecular weight is 355 g/mol. The van der Waals surface area contributed by atoms with Crippen LogP contribution in [0.4, 0.5) is 0 Å². The first-order valence-electron chi connectivity index (χ1n) is 8.19. The molecule has 0 bridgehead atoms. The monoisotopic (exact) mass is 355 g/mol. The number of benzene rings is 1. The quantitative estimate of drug-likeness (QED) is 0.607. The van der Waals surface area contributed by atoms with Crippen molar-refractivity contribution in [1.82, 2.24) is 0 Å². The van der Waals surface area contributed by atoms with Crippen molar-refractivity contribution >= 4 is 29.3 Å². The molecular formula is C19H17NO4S. The zero-order valence-corrected chi connectivity index (χ0v) is 14.3. The molecule has 4 rings (SSSR count). The van der Waals surface area contributed by atoms with Crippen LogP contribution in [0.15, 0.2) is 52.5 Å². The Labute approximate surface area is 149 Å². The molecule has 3 heterocycles. The van der Waals surface area contributed by atoms with Gasteiger partial charge in [-0.2, -0.15) is 0 Å². The van der Waals surface area contributed by atoms with E-state index in [1.54, 1.807) is 6.08 Å². The summed E-state index contributed by atoms with van der Waals surface area (Å²) in [6, 6.07) is 11.3. The van der Waals surface area contributed by atoms with Gasteiger partial charge in [0.05, 0.1) is 11.0 Å². The number of cyclic esters (lactones) is 1. The van der Waals surface area contributed by atoms with Gasteiger partial charge in [0.2, 0.25) is 5.90 Å². The number of hydrogen-bond donors (Lipinski definition) is 0. The highest BCUT2D eigenvalue weighted by atomic mass is 32.1. The molecule has 0 spiro atoms. The summed E-state index contributed by atoms with van der Waals surface area (Å²) >= 11 is 1.49. The maximum atomic E-state index is 12.0. The fourth-order valence-corrected chi connectivity index (χ4v) is 3.35. The number of thiophene rings is 1.